The fourth-order valence-corrected chi connectivity index (χ4v) is 3.42. The van der Waals surface area contributed by atoms with Crippen LogP contribution in [0.3, 0.4) is 0 Å². The molecular formula is C22H19N3O4. The van der Waals surface area contributed by atoms with Crippen LogP contribution in [0.25, 0.3) is 0 Å². The topological polar surface area (TPSA) is 84.7 Å². The largest absolute Gasteiger partial charge is 0.497 e. The quantitative estimate of drug-likeness (QED) is 0.517. The Morgan fingerprint density at radius 1 is 1.03 bits per heavy atom. The van der Waals surface area contributed by atoms with Crippen molar-refractivity contribution in [1.82, 2.24) is 4.90 Å². The number of nitro groups is 1. The summed E-state index contributed by atoms with van der Waals surface area (Å²) in [5, 5.41) is 14.4. The third-order valence-electron chi connectivity index (χ3n) is 4.95. The van der Waals surface area contributed by atoms with Crippen LogP contribution in [0.2, 0.25) is 0 Å². The molecule has 0 unspecified atom stereocenters. The molecule has 0 spiro atoms. The number of carbonyl (C=O) groups excluding carboxylic acids is 1. The molecule has 0 saturated heterocycles. The smallest absolute Gasteiger partial charge is 0.269 e. The van der Waals surface area contributed by atoms with Crippen molar-refractivity contribution >= 4 is 17.3 Å². The molecule has 7 heteroatoms. The minimum Gasteiger partial charge on any atom is -0.497 e. The second-order valence-corrected chi connectivity index (χ2v) is 6.72. The molecule has 146 valence electrons. The number of hydrogen-bond donors (Lipinski definition) is 1. The maximum Gasteiger partial charge on any atom is 0.269 e. The lowest BCUT2D eigenvalue weighted by atomic mass is 10.0. The summed E-state index contributed by atoms with van der Waals surface area (Å²) < 4.78 is 5.20. The van der Waals surface area contributed by atoms with Gasteiger partial charge < -0.3 is 15.0 Å². The number of hydrogen-bond acceptors (Lipinski definition) is 5. The number of para-hydroxylation sites is 1. The minimum atomic E-state index is -0.444. The van der Waals surface area contributed by atoms with E-state index in [0.717, 1.165) is 22.6 Å². The van der Waals surface area contributed by atoms with Crippen molar-refractivity contribution in [2.24, 2.45) is 0 Å². The van der Waals surface area contributed by atoms with E-state index in [1.54, 1.807) is 30.2 Å². The average Bonchev–Trinajstić information content (AvgIpc) is 2.76. The number of anilines is 1. The van der Waals surface area contributed by atoms with E-state index in [1.165, 1.54) is 12.1 Å². The summed E-state index contributed by atoms with van der Waals surface area (Å²) in [6.07, 6.45) is -0.444. The van der Waals surface area contributed by atoms with Crippen molar-refractivity contribution < 1.29 is 14.5 Å². The molecule has 1 aliphatic heterocycles. The number of methoxy groups -OCH3 is 1. The Hall–Kier alpha value is -3.87. The van der Waals surface area contributed by atoms with Gasteiger partial charge in [-0.15, -0.1) is 0 Å². The molecule has 1 heterocycles. The van der Waals surface area contributed by atoms with Gasteiger partial charge in [-0.2, -0.15) is 0 Å². The van der Waals surface area contributed by atoms with Gasteiger partial charge in [0.2, 0.25) is 0 Å². The van der Waals surface area contributed by atoms with Gasteiger partial charge in [0, 0.05) is 24.4 Å². The van der Waals surface area contributed by atoms with Crippen LogP contribution in [0.4, 0.5) is 11.4 Å². The van der Waals surface area contributed by atoms with Gasteiger partial charge in [0.05, 0.1) is 17.6 Å². The van der Waals surface area contributed by atoms with Gasteiger partial charge in [0.15, 0.2) is 0 Å². The Morgan fingerprint density at radius 2 is 1.72 bits per heavy atom. The number of nitro benzene ring substituents is 1. The van der Waals surface area contributed by atoms with E-state index in [4.69, 9.17) is 4.74 Å². The molecule has 0 fully saturated rings. The summed E-state index contributed by atoms with van der Waals surface area (Å²) in [6, 6.07) is 21.1. The number of carbonyl (C=O) groups is 1. The van der Waals surface area contributed by atoms with E-state index < -0.39 is 11.1 Å². The number of amides is 1. The highest BCUT2D eigenvalue weighted by atomic mass is 16.6. The van der Waals surface area contributed by atoms with Crippen LogP contribution in [0.5, 0.6) is 5.75 Å². The van der Waals surface area contributed by atoms with Gasteiger partial charge in [0.1, 0.15) is 11.9 Å². The maximum atomic E-state index is 13.3. The number of non-ortho nitro benzene ring substituents is 1. The van der Waals surface area contributed by atoms with E-state index in [1.807, 2.05) is 42.5 Å². The molecular weight excluding hydrogens is 370 g/mol. The normalized spacial score (nSPS) is 15.4. The van der Waals surface area contributed by atoms with E-state index >= 15 is 0 Å². The van der Waals surface area contributed by atoms with Crippen LogP contribution in [-0.2, 0) is 6.54 Å². The van der Waals surface area contributed by atoms with Crippen LogP contribution >= 0.6 is 0 Å². The molecule has 0 radical (unpaired) electrons. The van der Waals surface area contributed by atoms with E-state index in [9.17, 15) is 14.9 Å². The summed E-state index contributed by atoms with van der Waals surface area (Å²) in [5.41, 5.74) is 3.07. The third kappa shape index (κ3) is 3.62. The molecule has 29 heavy (non-hydrogen) atoms. The highest BCUT2D eigenvalue weighted by molar-refractivity contribution is 6.01. The van der Waals surface area contributed by atoms with E-state index in [2.05, 4.69) is 5.32 Å². The van der Waals surface area contributed by atoms with Crippen molar-refractivity contribution in [2.75, 3.05) is 12.4 Å². The van der Waals surface area contributed by atoms with Crippen LogP contribution in [0.1, 0.15) is 27.7 Å². The van der Waals surface area contributed by atoms with Crippen LogP contribution in [0.15, 0.2) is 72.8 Å². The number of ether oxygens (including phenoxy) is 1. The fraction of sp³-hybridized carbons (Fsp3) is 0.136. The molecule has 1 atom stereocenters. The van der Waals surface area contributed by atoms with Gasteiger partial charge in [-0.3, -0.25) is 14.9 Å². The fourth-order valence-electron chi connectivity index (χ4n) is 3.42. The second-order valence-electron chi connectivity index (χ2n) is 6.72. The molecule has 4 rings (SSSR count). The molecule has 3 aromatic carbocycles. The molecule has 1 N–H and O–H groups in total. The van der Waals surface area contributed by atoms with Crippen molar-refractivity contribution in [3.63, 3.8) is 0 Å². The zero-order chi connectivity index (χ0) is 20.4. The number of rotatable bonds is 5. The number of nitrogens with zero attached hydrogens (tertiary/aromatic N) is 2. The monoisotopic (exact) mass is 389 g/mol. The van der Waals surface area contributed by atoms with E-state index in [0.29, 0.717) is 12.1 Å². The van der Waals surface area contributed by atoms with Gasteiger partial charge in [-0.05, 0) is 47.5 Å². The Kier molecular flexibility index (Phi) is 4.87. The van der Waals surface area contributed by atoms with Crippen molar-refractivity contribution in [3.8, 4) is 5.75 Å². The summed E-state index contributed by atoms with van der Waals surface area (Å²) in [4.78, 5) is 25.5. The predicted molar refractivity (Wildman–Crippen MR) is 109 cm³/mol. The Bertz CT molecular complexity index is 1050. The SMILES string of the molecule is COc1ccc(CN2C(=O)c3ccccc3N[C@H]2c2ccc([N+](=O)[O-])cc2)cc1. The van der Waals surface area contributed by atoms with Crippen LogP contribution in [0, 0.1) is 10.1 Å². The average molecular weight is 389 g/mol. The lowest BCUT2D eigenvalue weighted by Gasteiger charge is -2.38. The van der Waals surface area contributed by atoms with Gasteiger partial charge in [0.25, 0.3) is 11.6 Å². The highest BCUT2D eigenvalue weighted by Gasteiger charge is 2.33. The summed E-state index contributed by atoms with van der Waals surface area (Å²) >= 11 is 0. The van der Waals surface area contributed by atoms with Gasteiger partial charge in [-0.25, -0.2) is 0 Å². The van der Waals surface area contributed by atoms with Gasteiger partial charge >= 0.3 is 0 Å². The molecule has 0 aliphatic carbocycles. The highest BCUT2D eigenvalue weighted by Crippen LogP contribution is 2.34. The van der Waals surface area contributed by atoms with Crippen molar-refractivity contribution in [1.29, 1.82) is 0 Å². The van der Waals surface area contributed by atoms with E-state index in [-0.39, 0.29) is 11.6 Å². The first-order chi connectivity index (χ1) is 14.1. The zero-order valence-corrected chi connectivity index (χ0v) is 15.7. The summed E-state index contributed by atoms with van der Waals surface area (Å²) in [5.74, 6) is 0.646. The molecule has 0 bridgehead atoms. The first-order valence-corrected chi connectivity index (χ1v) is 9.10. The molecule has 1 amide bonds. The third-order valence-corrected chi connectivity index (χ3v) is 4.95. The first kappa shape index (κ1) is 18.5. The molecule has 7 nitrogen and oxygen atoms in total. The van der Waals surface area contributed by atoms with Crippen molar-refractivity contribution in [3.05, 3.63) is 99.6 Å². The molecule has 1 aliphatic rings. The second kappa shape index (κ2) is 7.63. The molecule has 3 aromatic rings. The van der Waals surface area contributed by atoms with Crippen molar-refractivity contribution in [2.45, 2.75) is 12.7 Å². The number of benzene rings is 3. The minimum absolute atomic E-state index is 0.0120. The van der Waals surface area contributed by atoms with Crippen LogP contribution in [-0.4, -0.2) is 22.8 Å². The first-order valence-electron chi connectivity index (χ1n) is 9.10. The molecule has 0 aromatic heterocycles. The van der Waals surface area contributed by atoms with Gasteiger partial charge in [-0.1, -0.05) is 24.3 Å². The molecule has 0 saturated carbocycles. The predicted octanol–water partition coefficient (Wildman–Crippen LogP) is 4.37. The lowest BCUT2D eigenvalue weighted by Crippen LogP contribution is -2.42. The number of fused-ring (bicyclic) bond motifs is 1. The lowest BCUT2D eigenvalue weighted by molar-refractivity contribution is -0.384. The van der Waals surface area contributed by atoms with Crippen LogP contribution < -0.4 is 10.1 Å². The summed E-state index contributed by atoms with van der Waals surface area (Å²) in [6.45, 7) is 0.381. The Morgan fingerprint density at radius 3 is 2.38 bits per heavy atom. The Balaban J connectivity index is 1.71. The zero-order valence-electron chi connectivity index (χ0n) is 15.7. The standard InChI is InChI=1S/C22H19N3O4/c1-29-18-12-6-15(7-13-18)14-24-21(16-8-10-17(11-9-16)25(27)28)23-20-5-3-2-4-19(20)22(24)26/h2-13,21,23H,14H2,1H3/t21-/m1/s1. The number of nitrogens with one attached hydrogen (secondary N) is 1. The Labute approximate surface area is 167 Å². The maximum absolute atomic E-state index is 13.3. The summed E-state index contributed by atoms with van der Waals surface area (Å²) in [7, 11) is 1.61.